The van der Waals surface area contributed by atoms with E-state index in [2.05, 4.69) is 55.5 Å². The van der Waals surface area contributed by atoms with E-state index in [1.165, 1.54) is 51.8 Å². The van der Waals surface area contributed by atoms with Gasteiger partial charge in [-0.2, -0.15) is 0 Å². The first-order valence-corrected chi connectivity index (χ1v) is 26.1. The molecular weight excluding hydrogens is 731 g/mol. The van der Waals surface area contributed by atoms with Crippen molar-refractivity contribution in [1.82, 2.24) is 5.16 Å². The summed E-state index contributed by atoms with van der Waals surface area (Å²) in [5.74, 6) is 0.351. The van der Waals surface area contributed by atoms with Crippen LogP contribution in [0.4, 0.5) is 10.5 Å². The van der Waals surface area contributed by atoms with Crippen LogP contribution >= 0.6 is 0 Å². The summed E-state index contributed by atoms with van der Waals surface area (Å²) in [5.41, 5.74) is 5.52. The van der Waals surface area contributed by atoms with Gasteiger partial charge < -0.3 is 4.74 Å². The maximum absolute atomic E-state index is 13.1. The van der Waals surface area contributed by atoms with Gasteiger partial charge in [-0.05, 0) is 36.5 Å². The number of amides is 1. The summed E-state index contributed by atoms with van der Waals surface area (Å²) in [6.45, 7) is 11.2. The minimum atomic E-state index is -2.60. The molecule has 0 radical (unpaired) electrons. The number of rotatable bonds is 18. The number of esters is 1. The van der Waals surface area contributed by atoms with Crippen LogP contribution in [0, 0.1) is 6.92 Å². The summed E-state index contributed by atoms with van der Waals surface area (Å²) in [5, 5.41) is 7.05. The van der Waals surface area contributed by atoms with Crippen LogP contribution < -0.4 is 8.90 Å². The van der Waals surface area contributed by atoms with E-state index in [1.807, 2.05) is 55.5 Å². The van der Waals surface area contributed by atoms with E-state index in [4.69, 9.17) is 14.0 Å². The topological polar surface area (TPSA) is 90.7 Å². The van der Waals surface area contributed by atoms with E-state index in [1.54, 1.807) is 10.5 Å². The number of hydrogen-bond donors (Lipinski definition) is 1. The molecule has 1 N–H and O–H groups in total. The number of benzene rings is 3. The number of aromatic nitrogens is 1. The predicted molar refractivity (Wildman–Crippen MR) is 204 cm³/mol. The monoisotopic (exact) mass is 786 g/mol. The van der Waals surface area contributed by atoms with Crippen LogP contribution in [0.5, 0.6) is 0 Å². The summed E-state index contributed by atoms with van der Waals surface area (Å²) >= 11 is -2.60. The average molecular weight is 786 g/mol. The van der Waals surface area contributed by atoms with Crippen molar-refractivity contribution >= 4 is 39.7 Å². The Labute approximate surface area is 302 Å². The molecule has 0 saturated heterocycles. The van der Waals surface area contributed by atoms with E-state index in [9.17, 15) is 9.59 Å². The van der Waals surface area contributed by atoms with Crippen molar-refractivity contribution in [2.24, 2.45) is 0 Å². The second kappa shape index (κ2) is 17.6. The van der Waals surface area contributed by atoms with E-state index in [0.29, 0.717) is 23.7 Å². The van der Waals surface area contributed by atoms with Crippen LogP contribution in [0.25, 0.3) is 22.5 Å². The van der Waals surface area contributed by atoms with Gasteiger partial charge in [0.1, 0.15) is 0 Å². The van der Waals surface area contributed by atoms with E-state index in [-0.39, 0.29) is 12.6 Å². The molecule has 1 aliphatic rings. The van der Waals surface area contributed by atoms with E-state index in [0.717, 1.165) is 40.7 Å². The van der Waals surface area contributed by atoms with Gasteiger partial charge in [0.05, 0.1) is 12.0 Å². The normalized spacial score (nSPS) is 13.5. The van der Waals surface area contributed by atoms with Gasteiger partial charge in [-0.15, -0.1) is 0 Å². The fourth-order valence-electron chi connectivity index (χ4n) is 7.15. The number of carbonyl (C=O) groups excluding carboxylic acids is 2. The molecule has 4 aromatic rings. The Balaban J connectivity index is 1.24. The maximum atomic E-state index is 13.1. The van der Waals surface area contributed by atoms with Gasteiger partial charge in [0.2, 0.25) is 0 Å². The molecule has 0 bridgehead atoms. The number of anilines is 1. The fraction of sp³-hybridized carbons (Fsp3) is 0.452. The molecule has 5 rings (SSSR count). The van der Waals surface area contributed by atoms with Gasteiger partial charge in [-0.3, -0.25) is 4.79 Å². The van der Waals surface area contributed by atoms with Crippen molar-refractivity contribution < 1.29 is 23.6 Å². The van der Waals surface area contributed by atoms with Crippen LogP contribution in [-0.4, -0.2) is 42.2 Å². The van der Waals surface area contributed by atoms with Crippen molar-refractivity contribution in [2.45, 2.75) is 111 Å². The molecule has 0 aliphatic heterocycles. The van der Waals surface area contributed by atoms with Crippen molar-refractivity contribution in [3.8, 4) is 22.5 Å². The first-order chi connectivity index (χ1) is 24.3. The van der Waals surface area contributed by atoms with Gasteiger partial charge in [-0.1, -0.05) is 24.3 Å². The number of carbonyl (C=O) groups is 2. The molecule has 50 heavy (non-hydrogen) atoms. The van der Waals surface area contributed by atoms with E-state index < -0.39 is 29.9 Å². The van der Waals surface area contributed by atoms with Gasteiger partial charge in [-0.25, -0.2) is 0 Å². The fourth-order valence-corrected chi connectivity index (χ4v) is 23.3. The molecule has 8 heteroatoms. The number of unbranched alkanes of at least 4 members (excludes halogenated alkanes) is 3. The molecule has 0 spiro atoms. The Bertz CT molecular complexity index is 1690. The number of hydrogen-bond acceptors (Lipinski definition) is 6. The number of aryl methyl sites for hydroxylation is 1. The van der Waals surface area contributed by atoms with E-state index >= 15 is 0 Å². The number of nitrogens with one attached hydrogen (secondary N) is 1. The number of ether oxygens (including phenoxy) is 2. The number of nitrogens with zero attached hydrogens (tertiary/aromatic N) is 1. The van der Waals surface area contributed by atoms with Gasteiger partial charge in [0, 0.05) is 0 Å². The first kappa shape index (κ1) is 37.7. The summed E-state index contributed by atoms with van der Waals surface area (Å²) in [6.07, 6.45) is 8.76. The predicted octanol–water partition coefficient (Wildman–Crippen LogP) is 10.7. The zero-order valence-electron chi connectivity index (χ0n) is 30.6. The molecule has 0 atom stereocenters. The third-order valence-electron chi connectivity index (χ3n) is 10.4. The zero-order chi connectivity index (χ0) is 35.6. The van der Waals surface area contributed by atoms with Crippen LogP contribution in [0.15, 0.2) is 77.3 Å². The summed E-state index contributed by atoms with van der Waals surface area (Å²) < 4.78 is 22.6. The Morgan fingerprint density at radius 1 is 0.800 bits per heavy atom. The van der Waals surface area contributed by atoms with Crippen LogP contribution in [0.3, 0.4) is 0 Å². The van der Waals surface area contributed by atoms with Crippen molar-refractivity contribution in [3.63, 3.8) is 0 Å². The molecule has 1 aromatic heterocycles. The quantitative estimate of drug-likeness (QED) is 0.0798. The summed E-state index contributed by atoms with van der Waals surface area (Å²) in [4.78, 5) is 25.6. The third kappa shape index (κ3) is 8.82. The second-order valence-corrected chi connectivity index (χ2v) is 27.2. The standard InChI is InChI=1S/C30H27N2O5.3C4H9.Sn/c1-3-35-28(33)30(17-18-30)25-15-13-23(14-16-25)22-9-11-24(12-10-22)27-26(20(2)32-37-27)31-29(34)36-19-21-7-5-4-6-8-21;3*1-3-4-2;/h4-5,7-16H,3,17-19H2,1-2H3,(H,31,34);3*1,3-4H2,2H3;. The second-order valence-electron chi connectivity index (χ2n) is 13.9. The zero-order valence-corrected chi connectivity index (χ0v) is 33.5. The Hall–Kier alpha value is -3.59. The van der Waals surface area contributed by atoms with Gasteiger partial charge >= 0.3 is 221 Å². The molecule has 1 amide bonds. The van der Waals surface area contributed by atoms with Crippen molar-refractivity contribution in [1.29, 1.82) is 0 Å². The van der Waals surface area contributed by atoms with Gasteiger partial charge in [0.15, 0.2) is 0 Å². The summed E-state index contributed by atoms with van der Waals surface area (Å²) in [7, 11) is 0. The Morgan fingerprint density at radius 3 is 1.94 bits per heavy atom. The molecule has 1 heterocycles. The molecule has 1 fully saturated rings. The molecule has 1 aliphatic carbocycles. The minimum absolute atomic E-state index is 0.131. The van der Waals surface area contributed by atoms with Crippen LogP contribution in [-0.2, 0) is 26.3 Å². The molecule has 7 nitrogen and oxygen atoms in total. The van der Waals surface area contributed by atoms with Crippen molar-refractivity contribution in [2.75, 3.05) is 11.9 Å². The van der Waals surface area contributed by atoms with Crippen LogP contribution in [0.2, 0.25) is 13.3 Å². The average Bonchev–Trinajstić information content (AvgIpc) is 3.89. The SMILES string of the molecule is CCC[CH2][Sn]([CH2]CCC)([CH2]CCC)[c]1cccc(COC(=O)Nc2c(C)noc2-c2ccc(-c3ccc(C4(C(=O)OCC)CC4)cc3)cc2)c1. The Kier molecular flexibility index (Phi) is 13.2. The Morgan fingerprint density at radius 2 is 1.38 bits per heavy atom. The third-order valence-corrected chi connectivity index (χ3v) is 26.0. The van der Waals surface area contributed by atoms with Crippen LogP contribution in [0.1, 0.15) is 95.9 Å². The first-order valence-electron chi connectivity index (χ1n) is 18.7. The van der Waals surface area contributed by atoms with Crippen molar-refractivity contribution in [3.05, 3.63) is 89.6 Å². The molecule has 266 valence electrons. The molecule has 0 unspecified atom stereocenters. The van der Waals surface area contributed by atoms with Gasteiger partial charge in [0.25, 0.3) is 0 Å². The molecular formula is C42H54N2O5Sn. The molecule has 3 aromatic carbocycles. The molecule has 1 saturated carbocycles. The summed E-state index contributed by atoms with van der Waals surface area (Å²) in [6, 6.07) is 25.0.